The molecule has 0 bridgehead atoms. The third-order valence-corrected chi connectivity index (χ3v) is 4.24. The van der Waals surface area contributed by atoms with Crippen molar-refractivity contribution in [3.8, 4) is 17.3 Å². The molecule has 1 aromatic heterocycles. The summed E-state index contributed by atoms with van der Waals surface area (Å²) < 4.78 is 1.75. The van der Waals surface area contributed by atoms with Gasteiger partial charge in [0.1, 0.15) is 11.6 Å². The average molecular weight is 292 g/mol. The molecular formula is C19H20N2O. The van der Waals surface area contributed by atoms with E-state index in [0.717, 1.165) is 24.1 Å². The standard InChI is InChI=1S/C19H20N2O/c1-13(2)12-21-18(9-8-17(11-20)19(21)22)16-7-6-14-4-3-5-15(14)10-16/h6-10,13H,3-5,12H2,1-2H3. The smallest absolute Gasteiger partial charge is 0.268 e. The number of hydrogen-bond acceptors (Lipinski definition) is 2. The summed E-state index contributed by atoms with van der Waals surface area (Å²) in [5.41, 5.74) is 4.83. The molecule has 1 heterocycles. The minimum atomic E-state index is -0.186. The Kier molecular flexibility index (Phi) is 3.85. The molecule has 3 heteroatoms. The van der Waals surface area contributed by atoms with Gasteiger partial charge in [0.15, 0.2) is 0 Å². The first-order valence-electron chi connectivity index (χ1n) is 7.86. The van der Waals surface area contributed by atoms with Gasteiger partial charge in [-0.15, -0.1) is 0 Å². The molecule has 112 valence electrons. The number of aryl methyl sites for hydroxylation is 2. The molecule has 0 radical (unpaired) electrons. The molecule has 0 amide bonds. The second-order valence-corrected chi connectivity index (χ2v) is 6.39. The van der Waals surface area contributed by atoms with E-state index < -0.39 is 0 Å². The number of hydrogen-bond donors (Lipinski definition) is 0. The van der Waals surface area contributed by atoms with Crippen LogP contribution in [-0.4, -0.2) is 4.57 Å². The van der Waals surface area contributed by atoms with Crippen LogP contribution in [0.1, 0.15) is 37.0 Å². The maximum Gasteiger partial charge on any atom is 0.268 e. The molecule has 3 nitrogen and oxygen atoms in total. The number of nitrogens with zero attached hydrogens (tertiary/aromatic N) is 2. The summed E-state index contributed by atoms with van der Waals surface area (Å²) in [7, 11) is 0. The van der Waals surface area contributed by atoms with Gasteiger partial charge in [-0.05, 0) is 60.1 Å². The molecule has 0 unspecified atom stereocenters. The Morgan fingerprint density at radius 2 is 1.95 bits per heavy atom. The average Bonchev–Trinajstić information content (AvgIpc) is 2.96. The van der Waals surface area contributed by atoms with E-state index in [1.54, 1.807) is 10.6 Å². The van der Waals surface area contributed by atoms with E-state index >= 15 is 0 Å². The third-order valence-electron chi connectivity index (χ3n) is 4.24. The number of pyridine rings is 1. The third kappa shape index (κ3) is 2.57. The van der Waals surface area contributed by atoms with Crippen LogP contribution >= 0.6 is 0 Å². The van der Waals surface area contributed by atoms with Gasteiger partial charge < -0.3 is 4.57 Å². The van der Waals surface area contributed by atoms with Crippen molar-refractivity contribution in [1.82, 2.24) is 4.57 Å². The van der Waals surface area contributed by atoms with Crippen LogP contribution in [0.2, 0.25) is 0 Å². The van der Waals surface area contributed by atoms with Gasteiger partial charge in [-0.25, -0.2) is 0 Å². The lowest BCUT2D eigenvalue weighted by Crippen LogP contribution is -2.26. The number of rotatable bonds is 3. The Bertz CT molecular complexity index is 809. The largest absolute Gasteiger partial charge is 0.307 e. The molecule has 0 saturated carbocycles. The fraction of sp³-hybridized carbons (Fsp3) is 0.368. The Morgan fingerprint density at radius 3 is 2.68 bits per heavy atom. The number of fused-ring (bicyclic) bond motifs is 1. The lowest BCUT2D eigenvalue weighted by Gasteiger charge is -2.16. The van der Waals surface area contributed by atoms with E-state index in [0.29, 0.717) is 12.5 Å². The van der Waals surface area contributed by atoms with Crippen LogP contribution in [0.15, 0.2) is 35.1 Å². The molecule has 3 rings (SSSR count). The highest BCUT2D eigenvalue weighted by Crippen LogP contribution is 2.28. The molecule has 0 aliphatic heterocycles. The van der Waals surface area contributed by atoms with Crippen molar-refractivity contribution in [2.75, 3.05) is 0 Å². The van der Waals surface area contributed by atoms with Crippen LogP contribution in [0.5, 0.6) is 0 Å². The highest BCUT2D eigenvalue weighted by molar-refractivity contribution is 5.63. The van der Waals surface area contributed by atoms with Crippen molar-refractivity contribution in [2.24, 2.45) is 5.92 Å². The monoisotopic (exact) mass is 292 g/mol. The zero-order valence-corrected chi connectivity index (χ0v) is 13.1. The molecule has 2 aromatic rings. The van der Waals surface area contributed by atoms with E-state index in [-0.39, 0.29) is 11.1 Å². The molecule has 0 fully saturated rings. The first-order chi connectivity index (χ1) is 10.6. The molecule has 1 aliphatic carbocycles. The molecule has 22 heavy (non-hydrogen) atoms. The Morgan fingerprint density at radius 1 is 1.18 bits per heavy atom. The number of benzene rings is 1. The SMILES string of the molecule is CC(C)Cn1c(-c2ccc3c(c2)CCC3)ccc(C#N)c1=O. The van der Waals surface area contributed by atoms with Gasteiger partial charge in [0.2, 0.25) is 0 Å². The van der Waals surface area contributed by atoms with Gasteiger partial charge in [-0.1, -0.05) is 26.0 Å². The van der Waals surface area contributed by atoms with E-state index in [1.807, 2.05) is 12.1 Å². The highest BCUT2D eigenvalue weighted by Gasteiger charge is 2.15. The van der Waals surface area contributed by atoms with Crippen LogP contribution in [0.3, 0.4) is 0 Å². The minimum Gasteiger partial charge on any atom is -0.307 e. The molecular weight excluding hydrogens is 272 g/mol. The van der Waals surface area contributed by atoms with Crippen molar-refractivity contribution < 1.29 is 0 Å². The second kappa shape index (κ2) is 5.81. The molecule has 1 aliphatic rings. The van der Waals surface area contributed by atoms with Gasteiger partial charge in [0, 0.05) is 6.54 Å². The number of aromatic nitrogens is 1. The summed E-state index contributed by atoms with van der Waals surface area (Å²) in [5.74, 6) is 0.347. The zero-order chi connectivity index (χ0) is 15.7. The summed E-state index contributed by atoms with van der Waals surface area (Å²) in [6, 6.07) is 12.0. The topological polar surface area (TPSA) is 45.8 Å². The van der Waals surface area contributed by atoms with Crippen molar-refractivity contribution in [3.63, 3.8) is 0 Å². The summed E-state index contributed by atoms with van der Waals surface area (Å²) in [5, 5.41) is 9.10. The first-order valence-corrected chi connectivity index (χ1v) is 7.86. The van der Waals surface area contributed by atoms with Gasteiger partial charge in [0.25, 0.3) is 5.56 Å². The van der Waals surface area contributed by atoms with Gasteiger partial charge in [-0.3, -0.25) is 4.79 Å². The van der Waals surface area contributed by atoms with E-state index in [9.17, 15) is 4.79 Å². The van der Waals surface area contributed by atoms with Crippen LogP contribution in [0, 0.1) is 17.2 Å². The normalized spacial score (nSPS) is 13.2. The minimum absolute atomic E-state index is 0.186. The van der Waals surface area contributed by atoms with Gasteiger partial charge >= 0.3 is 0 Å². The fourth-order valence-corrected chi connectivity index (χ4v) is 3.19. The Balaban J connectivity index is 2.16. The van der Waals surface area contributed by atoms with Crippen molar-refractivity contribution in [3.05, 3.63) is 57.4 Å². The maximum absolute atomic E-state index is 12.5. The summed E-state index contributed by atoms with van der Waals surface area (Å²) in [4.78, 5) is 12.5. The van der Waals surface area contributed by atoms with Crippen LogP contribution in [-0.2, 0) is 19.4 Å². The quantitative estimate of drug-likeness (QED) is 0.868. The lowest BCUT2D eigenvalue weighted by molar-refractivity contribution is 0.514. The van der Waals surface area contributed by atoms with E-state index in [1.165, 1.54) is 17.5 Å². The summed E-state index contributed by atoms with van der Waals surface area (Å²) >= 11 is 0. The Labute approximate surface area is 130 Å². The van der Waals surface area contributed by atoms with Gasteiger partial charge in [0.05, 0.1) is 5.69 Å². The molecule has 1 aromatic carbocycles. The van der Waals surface area contributed by atoms with Crippen molar-refractivity contribution in [1.29, 1.82) is 5.26 Å². The fourth-order valence-electron chi connectivity index (χ4n) is 3.19. The van der Waals surface area contributed by atoms with E-state index in [2.05, 4.69) is 32.0 Å². The van der Waals surface area contributed by atoms with E-state index in [4.69, 9.17) is 5.26 Å². The Hall–Kier alpha value is -2.34. The predicted molar refractivity (Wildman–Crippen MR) is 87.7 cm³/mol. The van der Waals surface area contributed by atoms with Crippen molar-refractivity contribution >= 4 is 0 Å². The molecule has 0 atom stereocenters. The lowest BCUT2D eigenvalue weighted by atomic mass is 10.0. The van der Waals surface area contributed by atoms with Crippen LogP contribution in [0.4, 0.5) is 0 Å². The first kappa shape index (κ1) is 14.6. The predicted octanol–water partition coefficient (Wildman–Crippen LogP) is 3.53. The summed E-state index contributed by atoms with van der Waals surface area (Å²) in [6.07, 6.45) is 3.49. The van der Waals surface area contributed by atoms with Crippen molar-refractivity contribution in [2.45, 2.75) is 39.7 Å². The highest BCUT2D eigenvalue weighted by atomic mass is 16.1. The zero-order valence-electron chi connectivity index (χ0n) is 13.1. The molecule has 0 spiro atoms. The number of nitriles is 1. The second-order valence-electron chi connectivity index (χ2n) is 6.39. The molecule has 0 N–H and O–H groups in total. The van der Waals surface area contributed by atoms with Crippen LogP contribution in [0.25, 0.3) is 11.3 Å². The van der Waals surface area contributed by atoms with Gasteiger partial charge in [-0.2, -0.15) is 5.26 Å². The maximum atomic E-state index is 12.5. The summed E-state index contributed by atoms with van der Waals surface area (Å²) in [6.45, 7) is 4.79. The molecule has 0 saturated heterocycles. The van der Waals surface area contributed by atoms with Crippen LogP contribution < -0.4 is 5.56 Å².